The van der Waals surface area contributed by atoms with Crippen molar-refractivity contribution in [1.29, 1.82) is 0 Å². The van der Waals surface area contributed by atoms with Crippen LogP contribution < -0.4 is 4.18 Å². The summed E-state index contributed by atoms with van der Waals surface area (Å²) in [7, 11) is -5.64. The van der Waals surface area contributed by atoms with Crippen molar-refractivity contribution in [2.75, 3.05) is 0 Å². The van der Waals surface area contributed by atoms with Gasteiger partial charge in [0.05, 0.1) is 0 Å². The summed E-state index contributed by atoms with van der Waals surface area (Å²) in [6, 6.07) is 31.4. The molecule has 0 saturated heterocycles. The molecule has 31 heavy (non-hydrogen) atoms. The van der Waals surface area contributed by atoms with Crippen LogP contribution in [0.1, 0.15) is 0 Å². The van der Waals surface area contributed by atoms with Gasteiger partial charge < -0.3 is 4.18 Å². The van der Waals surface area contributed by atoms with E-state index in [-0.39, 0.29) is 19.2 Å². The van der Waals surface area contributed by atoms with Gasteiger partial charge >= 0.3 is 15.6 Å². The fourth-order valence-corrected chi connectivity index (χ4v) is 3.17. The summed E-state index contributed by atoms with van der Waals surface area (Å²) in [6.07, 6.45) is 0. The van der Waals surface area contributed by atoms with Crippen molar-refractivity contribution in [3.63, 3.8) is 0 Å². The smallest absolute Gasteiger partial charge is 0.375 e. The number of benzene rings is 4. The van der Waals surface area contributed by atoms with Crippen LogP contribution in [-0.2, 0) is 10.1 Å². The van der Waals surface area contributed by atoms with E-state index in [0.29, 0.717) is 10.8 Å². The molecule has 3 nitrogen and oxygen atoms in total. The van der Waals surface area contributed by atoms with Crippen molar-refractivity contribution in [2.45, 2.75) is 5.51 Å². The maximum absolute atomic E-state index is 12.2. The molecule has 4 rings (SSSR count). The normalized spacial score (nSPS) is 11.1. The molecule has 0 bridgehead atoms. The van der Waals surface area contributed by atoms with Crippen molar-refractivity contribution in [2.24, 2.45) is 0 Å². The molecule has 4 aromatic carbocycles. The molecule has 0 radical (unpaired) electrons. The monoisotopic (exact) mass is 464 g/mol. The van der Waals surface area contributed by atoms with Crippen LogP contribution in [0.25, 0.3) is 21.9 Å². The van der Waals surface area contributed by atoms with Crippen LogP contribution in [0.4, 0.5) is 13.2 Å². The Morgan fingerprint density at radius 3 is 1.58 bits per heavy atom. The van der Waals surface area contributed by atoms with Crippen molar-refractivity contribution in [3.05, 3.63) is 103 Å². The molecular formula is C23H19F3O3S2. The number of rotatable bonds is 3. The topological polar surface area (TPSA) is 43.4 Å². The summed E-state index contributed by atoms with van der Waals surface area (Å²) in [5, 5.41) is 0.889. The SMILES string of the molecule is O=S(=O)(Oc1cccc2ccccc12)C(F)(F)F.S.c1ccc(-c2ccccc2)cc1. The number of fused-ring (bicyclic) bond motifs is 1. The minimum Gasteiger partial charge on any atom is -0.375 e. The van der Waals surface area contributed by atoms with Gasteiger partial charge in [-0.25, -0.2) is 0 Å². The second kappa shape index (κ2) is 10.4. The molecular weight excluding hydrogens is 445 g/mol. The second-order valence-electron chi connectivity index (χ2n) is 6.19. The lowest BCUT2D eigenvalue weighted by Gasteiger charge is -2.11. The third kappa shape index (κ3) is 6.26. The van der Waals surface area contributed by atoms with Gasteiger partial charge in [-0.2, -0.15) is 35.1 Å². The zero-order chi connectivity index (χ0) is 21.6. The quantitative estimate of drug-likeness (QED) is 0.256. The summed E-state index contributed by atoms with van der Waals surface area (Å²) < 4.78 is 62.6. The van der Waals surface area contributed by atoms with Crippen LogP contribution in [0.15, 0.2) is 103 Å². The minimum atomic E-state index is -5.64. The molecule has 162 valence electrons. The first-order valence-electron chi connectivity index (χ1n) is 8.87. The van der Waals surface area contributed by atoms with Crippen LogP contribution in [0.3, 0.4) is 0 Å². The van der Waals surface area contributed by atoms with E-state index >= 15 is 0 Å². The van der Waals surface area contributed by atoms with E-state index in [0.717, 1.165) is 0 Å². The third-order valence-corrected chi connectivity index (χ3v) is 5.08. The van der Waals surface area contributed by atoms with E-state index in [1.165, 1.54) is 29.3 Å². The molecule has 0 aliphatic heterocycles. The molecule has 0 atom stereocenters. The lowest BCUT2D eigenvalue weighted by Crippen LogP contribution is -2.28. The highest BCUT2D eigenvalue weighted by Crippen LogP contribution is 2.31. The van der Waals surface area contributed by atoms with Crippen LogP contribution in [-0.4, -0.2) is 13.9 Å². The first-order valence-corrected chi connectivity index (χ1v) is 10.3. The number of alkyl halides is 3. The van der Waals surface area contributed by atoms with Crippen molar-refractivity contribution in [3.8, 4) is 16.9 Å². The largest absolute Gasteiger partial charge is 0.534 e. The third-order valence-electron chi connectivity index (χ3n) is 4.11. The maximum Gasteiger partial charge on any atom is 0.534 e. The molecule has 0 unspecified atom stereocenters. The summed E-state index contributed by atoms with van der Waals surface area (Å²) in [5.41, 5.74) is -2.89. The highest BCUT2D eigenvalue weighted by Gasteiger charge is 2.48. The van der Waals surface area contributed by atoms with E-state index in [1.54, 1.807) is 24.3 Å². The Labute approximate surface area is 185 Å². The summed E-state index contributed by atoms with van der Waals surface area (Å²) >= 11 is 0. The van der Waals surface area contributed by atoms with Crippen LogP contribution in [0, 0.1) is 0 Å². The highest BCUT2D eigenvalue weighted by molar-refractivity contribution is 7.88. The molecule has 0 fully saturated rings. The van der Waals surface area contributed by atoms with E-state index in [2.05, 4.69) is 52.7 Å². The average Bonchev–Trinajstić information content (AvgIpc) is 2.75. The molecule has 0 spiro atoms. The van der Waals surface area contributed by atoms with E-state index < -0.39 is 15.6 Å². The van der Waals surface area contributed by atoms with Crippen molar-refractivity contribution >= 4 is 34.4 Å². The number of halogens is 3. The molecule has 0 saturated carbocycles. The van der Waals surface area contributed by atoms with Gasteiger partial charge in [0, 0.05) is 5.39 Å². The molecule has 0 aliphatic carbocycles. The van der Waals surface area contributed by atoms with Gasteiger partial charge in [0.25, 0.3) is 0 Å². The molecule has 8 heteroatoms. The Morgan fingerprint density at radius 2 is 1.06 bits per heavy atom. The summed E-state index contributed by atoms with van der Waals surface area (Å²) in [4.78, 5) is 0. The Morgan fingerprint density at radius 1 is 0.613 bits per heavy atom. The lowest BCUT2D eigenvalue weighted by atomic mass is 10.1. The fraction of sp³-hybridized carbons (Fsp3) is 0.0435. The van der Waals surface area contributed by atoms with Crippen LogP contribution >= 0.6 is 13.5 Å². The van der Waals surface area contributed by atoms with E-state index in [4.69, 9.17) is 0 Å². The average molecular weight is 465 g/mol. The summed E-state index contributed by atoms with van der Waals surface area (Å²) in [5.74, 6) is -0.342. The van der Waals surface area contributed by atoms with Gasteiger partial charge in [-0.1, -0.05) is 97.1 Å². The fourth-order valence-electron chi connectivity index (χ4n) is 2.70. The van der Waals surface area contributed by atoms with Gasteiger partial charge in [0.2, 0.25) is 0 Å². The molecule has 0 aliphatic rings. The first kappa shape index (κ1) is 24.3. The molecule has 4 aromatic rings. The van der Waals surface area contributed by atoms with Crippen LogP contribution in [0.5, 0.6) is 5.75 Å². The number of hydrogen-bond acceptors (Lipinski definition) is 3. The molecule has 0 N–H and O–H groups in total. The summed E-state index contributed by atoms with van der Waals surface area (Å²) in [6.45, 7) is 0. The Kier molecular flexibility index (Phi) is 8.13. The van der Waals surface area contributed by atoms with Gasteiger partial charge in [-0.3, -0.25) is 0 Å². The Balaban J connectivity index is 0.000000229. The van der Waals surface area contributed by atoms with Crippen molar-refractivity contribution < 1.29 is 25.8 Å². The van der Waals surface area contributed by atoms with Gasteiger partial charge in [0.15, 0.2) is 5.75 Å². The van der Waals surface area contributed by atoms with Crippen molar-refractivity contribution in [1.82, 2.24) is 0 Å². The predicted octanol–water partition coefficient (Wildman–Crippen LogP) is 6.53. The lowest BCUT2D eigenvalue weighted by molar-refractivity contribution is -0.0499. The molecule has 0 heterocycles. The minimum absolute atomic E-state index is 0. The maximum atomic E-state index is 12.2. The molecule has 0 aromatic heterocycles. The van der Waals surface area contributed by atoms with Gasteiger partial charge in [0.1, 0.15) is 0 Å². The molecule has 0 amide bonds. The van der Waals surface area contributed by atoms with Gasteiger partial charge in [-0.15, -0.1) is 0 Å². The van der Waals surface area contributed by atoms with Gasteiger partial charge in [-0.05, 0) is 22.6 Å². The standard InChI is InChI=1S/C12H10.C11H7F3O3S.H2S/c1-3-7-11(8-4-1)12-9-5-2-6-10-12;12-11(13,14)18(15,16)17-10-7-3-5-8-4-1-2-6-9(8)10;/h1-10H;1-7H;1H2. The first-order chi connectivity index (χ1) is 14.3. The second-order valence-corrected chi connectivity index (χ2v) is 7.73. The van der Waals surface area contributed by atoms with E-state index in [9.17, 15) is 21.6 Å². The van der Waals surface area contributed by atoms with E-state index in [1.807, 2.05) is 12.1 Å². The Hall–Kier alpha value is -2.97. The van der Waals surface area contributed by atoms with Crippen LogP contribution in [0.2, 0.25) is 0 Å². The zero-order valence-corrected chi connectivity index (χ0v) is 17.9. The zero-order valence-electron chi connectivity index (χ0n) is 16.1. The number of hydrogen-bond donors (Lipinski definition) is 0. The predicted molar refractivity (Wildman–Crippen MR) is 122 cm³/mol. The highest BCUT2D eigenvalue weighted by atomic mass is 32.2. The Bertz CT molecular complexity index is 1170.